The van der Waals surface area contributed by atoms with Crippen LogP contribution >= 0.6 is 11.6 Å². The van der Waals surface area contributed by atoms with Gasteiger partial charge < -0.3 is 30.4 Å². The van der Waals surface area contributed by atoms with Crippen LogP contribution in [0.4, 0.5) is 5.95 Å². The number of anilines is 1. The number of nitrogen functional groups attached to an aromatic ring is 1. The van der Waals surface area contributed by atoms with E-state index in [0.29, 0.717) is 0 Å². The van der Waals surface area contributed by atoms with Crippen LogP contribution in [0.1, 0.15) is 13.2 Å². The highest BCUT2D eigenvalue weighted by Gasteiger charge is 2.57. The Morgan fingerprint density at radius 2 is 2.33 bits per heavy atom. The highest BCUT2D eigenvalue weighted by Crippen LogP contribution is 2.40. The van der Waals surface area contributed by atoms with Crippen LogP contribution in [0.15, 0.2) is 17.1 Å². The fourth-order valence-corrected chi connectivity index (χ4v) is 2.99. The summed E-state index contributed by atoms with van der Waals surface area (Å²) in [6.45, 7) is 1.40. The third-order valence-electron chi connectivity index (χ3n) is 4.00. The molecule has 3 heterocycles. The van der Waals surface area contributed by atoms with Gasteiger partial charge in [0.1, 0.15) is 12.2 Å². The molecule has 3 rings (SSSR count). The quantitative estimate of drug-likeness (QED) is 0.429. The van der Waals surface area contributed by atoms with Crippen molar-refractivity contribution in [1.82, 2.24) is 14.5 Å². The zero-order chi connectivity index (χ0) is 17.6. The molecule has 1 fully saturated rings. The van der Waals surface area contributed by atoms with Crippen molar-refractivity contribution in [1.29, 1.82) is 0 Å². The topological polar surface area (TPSA) is 147 Å². The number of aromatic amines is 1. The fourth-order valence-electron chi connectivity index (χ4n) is 2.84. The third-order valence-corrected chi connectivity index (χ3v) is 4.09. The molecule has 1 saturated heterocycles. The zero-order valence-corrected chi connectivity index (χ0v) is 13.2. The van der Waals surface area contributed by atoms with E-state index in [-0.39, 0.29) is 17.0 Å². The number of aliphatic hydroxyl groups excluding tert-OH is 2. The number of halogens is 1. The Morgan fingerprint density at radius 3 is 2.96 bits per heavy atom. The molecule has 1 aliphatic heterocycles. The Kier molecular flexibility index (Phi) is 4.03. The lowest BCUT2D eigenvalue weighted by Gasteiger charge is -2.26. The van der Waals surface area contributed by atoms with Crippen LogP contribution < -0.4 is 11.3 Å². The smallest absolute Gasteiger partial charge is 0.261 e. The summed E-state index contributed by atoms with van der Waals surface area (Å²) in [4.78, 5) is 18.3. The molecule has 128 valence electrons. The van der Waals surface area contributed by atoms with E-state index in [2.05, 4.69) is 15.9 Å². The number of nitrogens with zero attached hydrogens (tertiary/aromatic N) is 2. The number of fused-ring (bicyclic) bond motifs is 1. The zero-order valence-electron chi connectivity index (χ0n) is 12.5. The number of nitrogens with one attached hydrogen (secondary N) is 1. The van der Waals surface area contributed by atoms with Crippen LogP contribution in [-0.2, 0) is 4.74 Å². The molecule has 2 aromatic heterocycles. The van der Waals surface area contributed by atoms with Crippen molar-refractivity contribution in [3.05, 3.63) is 22.6 Å². The molecule has 9 nitrogen and oxygen atoms in total. The molecule has 1 aliphatic rings. The van der Waals surface area contributed by atoms with Crippen LogP contribution in [0.25, 0.3) is 11.0 Å². The monoisotopic (exact) mass is 354 g/mol. The van der Waals surface area contributed by atoms with E-state index >= 15 is 0 Å². The van der Waals surface area contributed by atoms with Gasteiger partial charge in [0, 0.05) is 11.6 Å². The normalized spacial score (nSPS) is 31.0. The van der Waals surface area contributed by atoms with Gasteiger partial charge >= 0.3 is 0 Å². The Labute approximate surface area is 140 Å². The second-order valence-corrected chi connectivity index (χ2v) is 5.78. The van der Waals surface area contributed by atoms with Crippen molar-refractivity contribution in [2.24, 2.45) is 0 Å². The molecule has 1 unspecified atom stereocenters. The Bertz CT molecular complexity index is 898. The van der Waals surface area contributed by atoms with E-state index in [1.54, 1.807) is 0 Å². The highest BCUT2D eigenvalue weighted by molar-refractivity contribution is 6.30. The molecular weight excluding hydrogens is 340 g/mol. The molecule has 5 atom stereocenters. The van der Waals surface area contributed by atoms with E-state index in [1.807, 2.05) is 5.38 Å². The second kappa shape index (κ2) is 5.77. The van der Waals surface area contributed by atoms with E-state index in [0.717, 1.165) is 0 Å². The molecule has 2 aromatic rings. The van der Waals surface area contributed by atoms with Crippen molar-refractivity contribution in [2.45, 2.75) is 37.1 Å². The number of rotatable bonds is 2. The van der Waals surface area contributed by atoms with Gasteiger partial charge in [0.25, 0.3) is 5.56 Å². The van der Waals surface area contributed by atoms with Crippen LogP contribution in [0.2, 0.25) is 0 Å². The van der Waals surface area contributed by atoms with Crippen LogP contribution in [0, 0.1) is 11.3 Å². The van der Waals surface area contributed by atoms with Crippen molar-refractivity contribution in [3.8, 4) is 11.3 Å². The van der Waals surface area contributed by atoms with Gasteiger partial charge in [-0.25, -0.2) is 0 Å². The summed E-state index contributed by atoms with van der Waals surface area (Å²) in [7, 11) is 0. The van der Waals surface area contributed by atoms with Gasteiger partial charge in [-0.3, -0.25) is 9.78 Å². The van der Waals surface area contributed by atoms with Crippen molar-refractivity contribution in [2.75, 3.05) is 5.73 Å². The maximum absolute atomic E-state index is 11.9. The van der Waals surface area contributed by atoms with E-state index < -0.39 is 35.7 Å². The minimum Gasteiger partial charge on any atom is -0.391 e. The third kappa shape index (κ3) is 2.36. The minimum absolute atomic E-state index is 0.120. The molecule has 0 spiro atoms. The summed E-state index contributed by atoms with van der Waals surface area (Å²) in [6, 6.07) is 1.46. The van der Waals surface area contributed by atoms with E-state index in [9.17, 15) is 20.1 Å². The van der Waals surface area contributed by atoms with Gasteiger partial charge in [-0.15, -0.1) is 0 Å². The number of hydrogen-bond donors (Lipinski definition) is 5. The van der Waals surface area contributed by atoms with E-state index in [1.165, 1.54) is 23.8 Å². The molecular formula is C14H15ClN4O5. The Morgan fingerprint density at radius 1 is 1.62 bits per heavy atom. The number of nitrogens with two attached hydrogens (primary N) is 1. The maximum atomic E-state index is 11.9. The van der Waals surface area contributed by atoms with Crippen LogP contribution in [0.5, 0.6) is 0 Å². The second-order valence-electron chi connectivity index (χ2n) is 5.59. The van der Waals surface area contributed by atoms with Crippen molar-refractivity contribution < 1.29 is 20.1 Å². The van der Waals surface area contributed by atoms with Gasteiger partial charge in [0.15, 0.2) is 11.9 Å². The summed E-state index contributed by atoms with van der Waals surface area (Å²) in [5.41, 5.74) is 3.11. The fraction of sp³-hybridized carbons (Fsp3) is 0.429. The average molecular weight is 355 g/mol. The van der Waals surface area contributed by atoms with Crippen LogP contribution in [0.3, 0.4) is 0 Å². The Hall–Kier alpha value is -2.09. The summed E-state index contributed by atoms with van der Waals surface area (Å²) in [5.74, 6) is 2.19. The summed E-state index contributed by atoms with van der Waals surface area (Å²) < 4.78 is 6.91. The lowest BCUT2D eigenvalue weighted by Crippen LogP contribution is -2.47. The van der Waals surface area contributed by atoms with E-state index in [4.69, 9.17) is 22.1 Å². The molecule has 0 radical (unpaired) electrons. The van der Waals surface area contributed by atoms with Gasteiger partial charge in [-0.1, -0.05) is 0 Å². The predicted octanol–water partition coefficient (Wildman–Crippen LogP) is -1.12. The molecule has 0 amide bonds. The standard InChI is InChI=1S/C14H15ClN4O5/c1-6(20)8-9(21)14(23,3-4-15)12(24-8)19-5-2-7-10(19)17-13(16)18-11(7)22/h2,5-6,8-9,12,20-21,23H,1H3,(H3,16,17,18,22)/t6-,8+,9-,12+,14?/m0/s1. The number of aromatic nitrogens is 3. The summed E-state index contributed by atoms with van der Waals surface area (Å²) in [6.07, 6.45) is -3.56. The number of ether oxygens (including phenoxy) is 1. The first kappa shape index (κ1) is 16.8. The SMILES string of the molecule is C[C@H](O)[C@H]1O[C@@H](n2ccc3c(=O)[nH]c(N)nc32)C(O)(C#CCl)[C@H]1O. The first-order chi connectivity index (χ1) is 11.3. The predicted molar refractivity (Wildman–Crippen MR) is 84.9 cm³/mol. The van der Waals surface area contributed by atoms with Gasteiger partial charge in [-0.05, 0) is 30.5 Å². The lowest BCUT2D eigenvalue weighted by molar-refractivity contribution is -0.0844. The summed E-state index contributed by atoms with van der Waals surface area (Å²) >= 11 is 5.41. The number of hydrogen-bond acceptors (Lipinski definition) is 7. The molecule has 24 heavy (non-hydrogen) atoms. The van der Waals surface area contributed by atoms with Crippen LogP contribution in [-0.4, -0.2) is 53.8 Å². The number of aliphatic hydroxyl groups is 3. The van der Waals surface area contributed by atoms with Crippen molar-refractivity contribution in [3.63, 3.8) is 0 Å². The maximum Gasteiger partial charge on any atom is 0.261 e. The minimum atomic E-state index is -2.12. The molecule has 0 aliphatic carbocycles. The average Bonchev–Trinajstić information content (AvgIpc) is 3.00. The van der Waals surface area contributed by atoms with Gasteiger partial charge in [0.2, 0.25) is 11.5 Å². The molecule has 10 heteroatoms. The molecule has 0 saturated carbocycles. The largest absolute Gasteiger partial charge is 0.391 e. The van der Waals surface area contributed by atoms with Crippen molar-refractivity contribution >= 4 is 28.6 Å². The first-order valence-electron chi connectivity index (χ1n) is 7.02. The molecule has 0 bridgehead atoms. The first-order valence-corrected chi connectivity index (χ1v) is 7.40. The number of H-pyrrole nitrogens is 1. The lowest BCUT2D eigenvalue weighted by atomic mass is 9.93. The Balaban J connectivity index is 2.20. The van der Waals surface area contributed by atoms with Gasteiger partial charge in [0.05, 0.1) is 11.5 Å². The summed E-state index contributed by atoms with van der Waals surface area (Å²) in [5, 5.41) is 33.1. The van der Waals surface area contributed by atoms with Gasteiger partial charge in [-0.2, -0.15) is 4.98 Å². The highest BCUT2D eigenvalue weighted by atomic mass is 35.5. The molecule has 6 N–H and O–H groups in total. The molecule has 0 aromatic carbocycles.